The van der Waals surface area contributed by atoms with Gasteiger partial charge in [0, 0.05) is 19.3 Å². The van der Waals surface area contributed by atoms with Gasteiger partial charge in [0.05, 0.1) is 11.3 Å². The summed E-state index contributed by atoms with van der Waals surface area (Å²) in [5, 5.41) is 0. The van der Waals surface area contributed by atoms with Crippen LogP contribution >= 0.6 is 24.0 Å². The van der Waals surface area contributed by atoms with Gasteiger partial charge < -0.3 is 10.6 Å². The van der Waals surface area contributed by atoms with Crippen molar-refractivity contribution in [3.05, 3.63) is 0 Å². The second-order valence-electron chi connectivity index (χ2n) is 5.88. The van der Waals surface area contributed by atoms with Gasteiger partial charge in [-0.3, -0.25) is 4.99 Å². The van der Waals surface area contributed by atoms with E-state index in [1.165, 1.54) is 19.1 Å². The van der Waals surface area contributed by atoms with Crippen LogP contribution in [0.5, 0.6) is 0 Å². The highest BCUT2D eigenvalue weighted by atomic mass is 127. The summed E-state index contributed by atoms with van der Waals surface area (Å²) in [7, 11) is -3.04. The van der Waals surface area contributed by atoms with Gasteiger partial charge in [0.15, 0.2) is 15.8 Å². The molecule has 7 heteroatoms. The fourth-order valence-corrected chi connectivity index (χ4v) is 4.17. The van der Waals surface area contributed by atoms with Crippen molar-refractivity contribution in [3.8, 4) is 0 Å². The number of rotatable bonds is 3. The van der Waals surface area contributed by atoms with Crippen molar-refractivity contribution in [2.75, 3.05) is 25.9 Å². The van der Waals surface area contributed by atoms with Crippen LogP contribution in [0.2, 0.25) is 0 Å². The first-order chi connectivity index (χ1) is 8.95. The molecule has 0 atom stereocenters. The summed E-state index contributed by atoms with van der Waals surface area (Å²) < 4.78 is 23.1. The number of sulfone groups is 1. The summed E-state index contributed by atoms with van der Waals surface area (Å²) in [6.07, 6.45) is 8.54. The van der Waals surface area contributed by atoms with E-state index in [0.29, 0.717) is 12.5 Å². The van der Waals surface area contributed by atoms with Gasteiger partial charge in [-0.2, -0.15) is 0 Å². The zero-order valence-corrected chi connectivity index (χ0v) is 15.3. The normalized spacial score (nSPS) is 23.4. The molecule has 2 rings (SSSR count). The van der Waals surface area contributed by atoms with E-state index in [-0.39, 0.29) is 24.0 Å². The number of halogens is 1. The molecule has 2 fully saturated rings. The molecule has 0 aromatic carbocycles. The summed E-state index contributed by atoms with van der Waals surface area (Å²) in [5.74, 6) is 0.525. The highest BCUT2D eigenvalue weighted by Gasteiger charge is 2.46. The Morgan fingerprint density at radius 3 is 2.10 bits per heavy atom. The van der Waals surface area contributed by atoms with E-state index < -0.39 is 14.6 Å². The van der Waals surface area contributed by atoms with E-state index in [1.54, 1.807) is 0 Å². The molecule has 0 bridgehead atoms. The summed E-state index contributed by atoms with van der Waals surface area (Å²) in [4.78, 5) is 6.49. The van der Waals surface area contributed by atoms with E-state index in [2.05, 4.69) is 9.89 Å². The van der Waals surface area contributed by atoms with Crippen molar-refractivity contribution in [1.82, 2.24) is 4.90 Å². The lowest BCUT2D eigenvalue weighted by atomic mass is 9.84. The first-order valence-electron chi connectivity index (χ1n) is 7.19. The van der Waals surface area contributed by atoms with Gasteiger partial charge >= 0.3 is 0 Å². The van der Waals surface area contributed by atoms with Crippen LogP contribution in [0.25, 0.3) is 0 Å². The Balaban J connectivity index is 0.00000200. The third-order valence-electron chi connectivity index (χ3n) is 4.51. The number of aliphatic imine (C=N–C) groups is 1. The van der Waals surface area contributed by atoms with Gasteiger partial charge in [0.25, 0.3) is 0 Å². The number of guanidine groups is 1. The largest absolute Gasteiger partial charge is 0.370 e. The van der Waals surface area contributed by atoms with Crippen LogP contribution in [0.15, 0.2) is 4.99 Å². The summed E-state index contributed by atoms with van der Waals surface area (Å²) in [6.45, 7) is 2.22. The standard InChI is InChI=1S/C13H25N3O2S.HI/c1-19(17,18)13(7-6-8-13)11-15-12(14)16-9-4-2-3-5-10-16;/h2-11H2,1H3,(H2,14,15);1H. The van der Waals surface area contributed by atoms with Gasteiger partial charge in [-0.15, -0.1) is 24.0 Å². The first-order valence-corrected chi connectivity index (χ1v) is 9.08. The van der Waals surface area contributed by atoms with Crippen LogP contribution in [-0.2, 0) is 9.84 Å². The third kappa shape index (κ3) is 3.99. The molecule has 1 saturated carbocycles. The maximum atomic E-state index is 11.9. The van der Waals surface area contributed by atoms with Gasteiger partial charge in [-0.1, -0.05) is 19.3 Å². The van der Waals surface area contributed by atoms with Gasteiger partial charge in [-0.05, 0) is 25.7 Å². The van der Waals surface area contributed by atoms with Crippen LogP contribution in [0.4, 0.5) is 0 Å². The molecule has 0 amide bonds. The molecule has 1 aliphatic heterocycles. The maximum Gasteiger partial charge on any atom is 0.191 e. The summed E-state index contributed by atoms with van der Waals surface area (Å²) in [5.41, 5.74) is 6.03. The van der Waals surface area contributed by atoms with E-state index in [0.717, 1.165) is 45.2 Å². The Bertz CT molecular complexity index is 439. The Labute approximate surface area is 139 Å². The molecule has 0 aromatic rings. The highest BCUT2D eigenvalue weighted by Crippen LogP contribution is 2.39. The molecule has 2 aliphatic rings. The van der Waals surface area contributed by atoms with E-state index in [1.807, 2.05) is 0 Å². The smallest absolute Gasteiger partial charge is 0.191 e. The van der Waals surface area contributed by atoms with Crippen molar-refractivity contribution < 1.29 is 8.42 Å². The number of hydrogen-bond acceptors (Lipinski definition) is 3. The number of nitrogens with two attached hydrogens (primary N) is 1. The van der Waals surface area contributed by atoms with Crippen LogP contribution < -0.4 is 5.73 Å². The molecule has 5 nitrogen and oxygen atoms in total. The van der Waals surface area contributed by atoms with Gasteiger partial charge in [-0.25, -0.2) is 8.42 Å². The van der Waals surface area contributed by atoms with Crippen LogP contribution in [-0.4, -0.2) is 49.9 Å². The number of hydrogen-bond donors (Lipinski definition) is 1. The second kappa shape index (κ2) is 7.29. The lowest BCUT2D eigenvalue weighted by Crippen LogP contribution is -2.48. The second-order valence-corrected chi connectivity index (χ2v) is 8.29. The van der Waals surface area contributed by atoms with Crippen molar-refractivity contribution in [1.29, 1.82) is 0 Å². The Kier molecular flexibility index (Phi) is 6.56. The molecule has 20 heavy (non-hydrogen) atoms. The molecular weight excluding hydrogens is 389 g/mol. The van der Waals surface area contributed by atoms with Crippen molar-refractivity contribution in [2.45, 2.75) is 49.7 Å². The predicted molar refractivity (Wildman–Crippen MR) is 93.4 cm³/mol. The molecule has 118 valence electrons. The average molecular weight is 415 g/mol. The van der Waals surface area contributed by atoms with Crippen molar-refractivity contribution in [3.63, 3.8) is 0 Å². The summed E-state index contributed by atoms with van der Waals surface area (Å²) in [6, 6.07) is 0. The number of nitrogens with zero attached hydrogens (tertiary/aromatic N) is 2. The zero-order valence-electron chi connectivity index (χ0n) is 12.2. The fraction of sp³-hybridized carbons (Fsp3) is 0.923. The molecule has 1 heterocycles. The lowest BCUT2D eigenvalue weighted by molar-refractivity contribution is 0.343. The molecule has 0 aromatic heterocycles. The first kappa shape index (κ1) is 18.0. The van der Waals surface area contributed by atoms with Crippen LogP contribution in [0, 0.1) is 0 Å². The van der Waals surface area contributed by atoms with Gasteiger partial charge in [0.1, 0.15) is 0 Å². The Hall–Kier alpha value is -0.0500. The molecular formula is C13H26IN3O2S. The maximum absolute atomic E-state index is 11.9. The number of likely N-dealkylation sites (tertiary alicyclic amines) is 1. The minimum Gasteiger partial charge on any atom is -0.370 e. The zero-order chi connectivity index (χ0) is 13.9. The van der Waals surface area contributed by atoms with Crippen LogP contribution in [0.3, 0.4) is 0 Å². The molecule has 1 saturated heterocycles. The highest BCUT2D eigenvalue weighted by molar-refractivity contribution is 14.0. The SMILES string of the molecule is CS(=O)(=O)C1(CN=C(N)N2CCCCCC2)CCC1.I. The topological polar surface area (TPSA) is 75.8 Å². The Morgan fingerprint density at radius 1 is 1.15 bits per heavy atom. The van der Waals surface area contributed by atoms with E-state index in [9.17, 15) is 8.42 Å². The monoisotopic (exact) mass is 415 g/mol. The summed E-state index contributed by atoms with van der Waals surface area (Å²) >= 11 is 0. The fourth-order valence-electron chi connectivity index (χ4n) is 2.84. The predicted octanol–water partition coefficient (Wildman–Crippen LogP) is 1.76. The Morgan fingerprint density at radius 2 is 1.70 bits per heavy atom. The molecule has 0 radical (unpaired) electrons. The lowest BCUT2D eigenvalue weighted by Gasteiger charge is -2.38. The third-order valence-corrected chi connectivity index (χ3v) is 6.62. The molecule has 0 spiro atoms. The van der Waals surface area contributed by atoms with Crippen LogP contribution in [0.1, 0.15) is 44.9 Å². The van der Waals surface area contributed by atoms with Gasteiger partial charge in [0.2, 0.25) is 0 Å². The van der Waals surface area contributed by atoms with Crippen molar-refractivity contribution in [2.24, 2.45) is 10.7 Å². The average Bonchev–Trinajstić information content (AvgIpc) is 2.53. The minimum absolute atomic E-state index is 0. The van der Waals surface area contributed by atoms with Crippen molar-refractivity contribution >= 4 is 39.8 Å². The van der Waals surface area contributed by atoms with E-state index in [4.69, 9.17) is 5.73 Å². The molecule has 0 unspecified atom stereocenters. The minimum atomic E-state index is -3.04. The van der Waals surface area contributed by atoms with E-state index >= 15 is 0 Å². The quantitative estimate of drug-likeness (QED) is 0.433. The molecule has 2 N–H and O–H groups in total. The molecule has 1 aliphatic carbocycles.